The van der Waals surface area contributed by atoms with E-state index < -0.39 is 0 Å². The van der Waals surface area contributed by atoms with Gasteiger partial charge in [0.05, 0.1) is 0 Å². The van der Waals surface area contributed by atoms with Crippen LogP contribution in [0.3, 0.4) is 0 Å². The van der Waals surface area contributed by atoms with E-state index in [0.29, 0.717) is 6.04 Å². The highest BCUT2D eigenvalue weighted by Crippen LogP contribution is 2.05. The van der Waals surface area contributed by atoms with E-state index >= 15 is 0 Å². The van der Waals surface area contributed by atoms with Gasteiger partial charge in [-0.2, -0.15) is 4.81 Å². The molecule has 1 saturated heterocycles. The maximum absolute atomic E-state index is 4.24. The van der Waals surface area contributed by atoms with Gasteiger partial charge in [0.25, 0.3) is 0 Å². The van der Waals surface area contributed by atoms with Crippen LogP contribution in [0.5, 0.6) is 0 Å². The molecule has 0 spiro atoms. The fourth-order valence-corrected chi connectivity index (χ4v) is 0.830. The summed E-state index contributed by atoms with van der Waals surface area (Å²) in [5.41, 5.74) is 4.14. The third-order valence-electron chi connectivity index (χ3n) is 1.14. The van der Waals surface area contributed by atoms with Crippen LogP contribution in [0.1, 0.15) is 20.3 Å². The average Bonchev–Trinajstić information content (AvgIpc) is 2.15. The fraction of sp³-hybridized carbons (Fsp3) is 1.00. The van der Waals surface area contributed by atoms with Gasteiger partial charge in [-0.1, -0.05) is 13.8 Å². The van der Waals surface area contributed by atoms with Crippen LogP contribution in [0.4, 0.5) is 0 Å². The molecule has 3 nitrogen and oxygen atoms in total. The second-order valence-electron chi connectivity index (χ2n) is 2.52. The molecule has 0 radical (unpaired) electrons. The molecule has 0 aromatic heterocycles. The van der Waals surface area contributed by atoms with E-state index in [4.69, 9.17) is 0 Å². The maximum atomic E-state index is 4.24. The van der Waals surface area contributed by atoms with Crippen molar-refractivity contribution in [3.05, 3.63) is 5.43 Å². The topological polar surface area (TPSA) is 29.5 Å². The van der Waals surface area contributed by atoms with Gasteiger partial charge in [0.15, 0.2) is 6.54 Å². The van der Waals surface area contributed by atoms with Crippen LogP contribution >= 0.6 is 0 Å². The van der Waals surface area contributed by atoms with E-state index in [9.17, 15) is 0 Å². The predicted octanol–water partition coefficient (Wildman–Crippen LogP) is 1.55. The fourth-order valence-electron chi connectivity index (χ4n) is 0.830. The molecule has 1 rings (SSSR count). The molecule has 0 aliphatic carbocycles. The molecule has 0 aromatic rings. The summed E-state index contributed by atoms with van der Waals surface area (Å²) in [4.78, 5) is 1.81. The molecule has 1 aliphatic heterocycles. The van der Waals surface area contributed by atoms with Crippen LogP contribution in [0, 0.1) is 0 Å². The molecule has 1 fully saturated rings. The monoisotopic (exact) mass is 127 g/mol. The van der Waals surface area contributed by atoms with Crippen molar-refractivity contribution in [1.82, 2.24) is 0 Å². The number of rotatable bonds is 1. The zero-order valence-electron chi connectivity index (χ0n) is 6.04. The standard InChI is InChI=1S/C6H13N3/c1-6(2)8-9-5-3-4-7-9/h6H,3-5H2,1-2H3. The molecule has 0 bridgehead atoms. The SMILES string of the molecule is CC(C)N=[N+]1CCC[N-]1. The van der Waals surface area contributed by atoms with E-state index in [-0.39, 0.29) is 0 Å². The number of hydrogen-bond acceptors (Lipinski definition) is 1. The number of nitrogens with zero attached hydrogens (tertiary/aromatic N) is 3. The molecule has 9 heavy (non-hydrogen) atoms. The Balaban J connectivity index is 2.39. The average molecular weight is 127 g/mol. The summed E-state index contributed by atoms with van der Waals surface area (Å²) in [6.45, 7) is 6.09. The van der Waals surface area contributed by atoms with E-state index in [0.717, 1.165) is 19.5 Å². The first-order chi connectivity index (χ1) is 4.29. The second kappa shape index (κ2) is 2.80. The summed E-state index contributed by atoms with van der Waals surface area (Å²) >= 11 is 0. The summed E-state index contributed by atoms with van der Waals surface area (Å²) in [5, 5.41) is 4.24. The van der Waals surface area contributed by atoms with Gasteiger partial charge in [0.2, 0.25) is 0 Å². The Morgan fingerprint density at radius 2 is 2.33 bits per heavy atom. The van der Waals surface area contributed by atoms with Crippen LogP contribution in [0.2, 0.25) is 0 Å². The molecule has 0 N–H and O–H groups in total. The summed E-state index contributed by atoms with van der Waals surface area (Å²) in [6.07, 6.45) is 1.16. The summed E-state index contributed by atoms with van der Waals surface area (Å²) in [6, 6.07) is 0.381. The molecular formula is C6H13N3. The van der Waals surface area contributed by atoms with Gasteiger partial charge in [-0.05, 0) is 0 Å². The predicted molar refractivity (Wildman–Crippen MR) is 35.5 cm³/mol. The molecule has 0 atom stereocenters. The third-order valence-corrected chi connectivity index (χ3v) is 1.14. The van der Waals surface area contributed by atoms with Crippen LogP contribution in [0.15, 0.2) is 5.11 Å². The summed E-state index contributed by atoms with van der Waals surface area (Å²) in [7, 11) is 0. The highest BCUT2D eigenvalue weighted by atomic mass is 15.6. The molecule has 1 heterocycles. The van der Waals surface area contributed by atoms with Gasteiger partial charge < -0.3 is 0 Å². The largest absolute Gasteiger partial charge is 0.220 e. The molecule has 1 aliphatic rings. The van der Waals surface area contributed by atoms with Crippen LogP contribution < -0.4 is 0 Å². The lowest BCUT2D eigenvalue weighted by Gasteiger charge is -2.02. The Bertz CT molecular complexity index is 109. The van der Waals surface area contributed by atoms with Crippen molar-refractivity contribution >= 4 is 0 Å². The van der Waals surface area contributed by atoms with Gasteiger partial charge in [-0.15, -0.1) is 0 Å². The quantitative estimate of drug-likeness (QED) is 0.478. The van der Waals surface area contributed by atoms with Crippen LogP contribution in [-0.2, 0) is 0 Å². The van der Waals surface area contributed by atoms with Crippen molar-refractivity contribution in [3.8, 4) is 0 Å². The van der Waals surface area contributed by atoms with E-state index in [1.807, 2.05) is 4.81 Å². The molecular weight excluding hydrogens is 114 g/mol. The Morgan fingerprint density at radius 1 is 1.56 bits per heavy atom. The zero-order chi connectivity index (χ0) is 6.69. The number of azo groups is 1. The van der Waals surface area contributed by atoms with Crippen molar-refractivity contribution in [2.75, 3.05) is 13.1 Å². The van der Waals surface area contributed by atoms with Crippen molar-refractivity contribution in [2.45, 2.75) is 26.3 Å². The van der Waals surface area contributed by atoms with Gasteiger partial charge in [-0.3, -0.25) is 0 Å². The van der Waals surface area contributed by atoms with Gasteiger partial charge in [-0.25, -0.2) is 10.5 Å². The molecule has 0 saturated carbocycles. The van der Waals surface area contributed by atoms with E-state index in [2.05, 4.69) is 24.4 Å². The highest BCUT2D eigenvalue weighted by molar-refractivity contribution is 4.65. The smallest absolute Gasteiger partial charge is 0.162 e. The van der Waals surface area contributed by atoms with Gasteiger partial charge in [0.1, 0.15) is 0 Å². The lowest BCUT2D eigenvalue weighted by molar-refractivity contribution is -0.535. The first-order valence-corrected chi connectivity index (χ1v) is 3.45. The molecule has 0 aromatic carbocycles. The van der Waals surface area contributed by atoms with Crippen molar-refractivity contribution < 1.29 is 4.81 Å². The molecule has 3 heteroatoms. The third kappa shape index (κ3) is 2.00. The highest BCUT2D eigenvalue weighted by Gasteiger charge is 2.05. The van der Waals surface area contributed by atoms with Crippen LogP contribution in [-0.4, -0.2) is 23.9 Å². The minimum absolute atomic E-state index is 0.381. The molecule has 0 amide bonds. The first kappa shape index (κ1) is 6.52. The lowest BCUT2D eigenvalue weighted by atomic mass is 10.4. The molecule has 52 valence electrons. The Kier molecular flexibility index (Phi) is 2.03. The van der Waals surface area contributed by atoms with E-state index in [1.54, 1.807) is 0 Å². The van der Waals surface area contributed by atoms with Gasteiger partial charge in [0, 0.05) is 19.0 Å². The van der Waals surface area contributed by atoms with E-state index in [1.165, 1.54) is 0 Å². The Labute approximate surface area is 55.7 Å². The molecule has 0 unspecified atom stereocenters. The lowest BCUT2D eigenvalue weighted by Crippen LogP contribution is -2.01. The van der Waals surface area contributed by atoms with Crippen molar-refractivity contribution in [2.24, 2.45) is 5.11 Å². The minimum atomic E-state index is 0.381. The Hall–Kier alpha value is -0.600. The minimum Gasteiger partial charge on any atom is -0.220 e. The number of hydrogen-bond donors (Lipinski definition) is 0. The van der Waals surface area contributed by atoms with Crippen molar-refractivity contribution in [1.29, 1.82) is 0 Å². The van der Waals surface area contributed by atoms with Crippen molar-refractivity contribution in [3.63, 3.8) is 0 Å². The maximum Gasteiger partial charge on any atom is 0.162 e. The summed E-state index contributed by atoms with van der Waals surface area (Å²) in [5.74, 6) is 0. The normalized spacial score (nSPS) is 23.2. The second-order valence-corrected chi connectivity index (χ2v) is 2.52. The van der Waals surface area contributed by atoms with Gasteiger partial charge >= 0.3 is 0 Å². The Morgan fingerprint density at radius 3 is 2.78 bits per heavy atom. The van der Waals surface area contributed by atoms with Crippen LogP contribution in [0.25, 0.3) is 5.43 Å². The first-order valence-electron chi connectivity index (χ1n) is 3.45. The zero-order valence-corrected chi connectivity index (χ0v) is 6.04. The summed E-state index contributed by atoms with van der Waals surface area (Å²) < 4.78 is 0.